The van der Waals surface area contributed by atoms with Crippen LogP contribution in [0.5, 0.6) is 0 Å². The van der Waals surface area contributed by atoms with Crippen LogP contribution >= 0.6 is 0 Å². The number of likely N-dealkylation sites (N-methyl/N-ethyl adjacent to an activating group) is 1. The lowest BCUT2D eigenvalue weighted by Crippen LogP contribution is -2.48. The van der Waals surface area contributed by atoms with E-state index in [0.717, 1.165) is 31.5 Å². The molecule has 4 heteroatoms. The molecule has 1 aliphatic rings. The summed E-state index contributed by atoms with van der Waals surface area (Å²) in [6.07, 6.45) is 5.47. The van der Waals surface area contributed by atoms with Crippen molar-refractivity contribution in [1.29, 1.82) is 0 Å². The van der Waals surface area contributed by atoms with Crippen LogP contribution in [-0.2, 0) is 4.79 Å². The van der Waals surface area contributed by atoms with Crippen molar-refractivity contribution in [3.8, 4) is 0 Å². The number of hydrogen-bond donors (Lipinski definition) is 1. The van der Waals surface area contributed by atoms with Gasteiger partial charge in [0.1, 0.15) is 5.82 Å². The van der Waals surface area contributed by atoms with E-state index in [2.05, 4.69) is 5.32 Å². The first-order valence-electron chi connectivity index (χ1n) is 7.15. The smallest absolute Gasteiger partial charge is 0.246 e. The maximum absolute atomic E-state index is 12.8. The van der Waals surface area contributed by atoms with Gasteiger partial charge in [0.15, 0.2) is 0 Å². The van der Waals surface area contributed by atoms with Crippen molar-refractivity contribution < 1.29 is 9.18 Å². The summed E-state index contributed by atoms with van der Waals surface area (Å²) in [5.41, 5.74) is 0.831. The van der Waals surface area contributed by atoms with Gasteiger partial charge in [-0.2, -0.15) is 0 Å². The SMILES string of the molecule is CCN(C(=O)C=Cc1ccc(F)cc1)C1CCCNC1. The molecular formula is C16H21FN2O. The van der Waals surface area contributed by atoms with Gasteiger partial charge in [0.05, 0.1) is 0 Å². The summed E-state index contributed by atoms with van der Waals surface area (Å²) in [7, 11) is 0. The predicted octanol–water partition coefficient (Wildman–Crippen LogP) is 2.44. The van der Waals surface area contributed by atoms with Gasteiger partial charge in [0.25, 0.3) is 0 Å². The Kier molecular flexibility index (Phi) is 5.30. The summed E-state index contributed by atoms with van der Waals surface area (Å²) < 4.78 is 12.8. The van der Waals surface area contributed by atoms with E-state index < -0.39 is 0 Å². The summed E-state index contributed by atoms with van der Waals surface area (Å²) in [5, 5.41) is 3.32. The van der Waals surface area contributed by atoms with Gasteiger partial charge >= 0.3 is 0 Å². The lowest BCUT2D eigenvalue weighted by molar-refractivity contribution is -0.128. The molecule has 1 heterocycles. The van der Waals surface area contributed by atoms with Gasteiger partial charge < -0.3 is 10.2 Å². The van der Waals surface area contributed by atoms with Crippen LogP contribution in [0.2, 0.25) is 0 Å². The summed E-state index contributed by atoms with van der Waals surface area (Å²) >= 11 is 0. The van der Waals surface area contributed by atoms with E-state index in [-0.39, 0.29) is 17.8 Å². The van der Waals surface area contributed by atoms with Crippen LogP contribution in [0.25, 0.3) is 6.08 Å². The van der Waals surface area contributed by atoms with E-state index in [0.29, 0.717) is 6.54 Å². The van der Waals surface area contributed by atoms with Crippen LogP contribution in [0.3, 0.4) is 0 Å². The van der Waals surface area contributed by atoms with Crippen molar-refractivity contribution >= 4 is 12.0 Å². The third-order valence-corrected chi connectivity index (χ3v) is 3.62. The Morgan fingerprint density at radius 3 is 2.80 bits per heavy atom. The molecule has 1 fully saturated rings. The molecule has 0 aromatic heterocycles. The third kappa shape index (κ3) is 3.90. The van der Waals surface area contributed by atoms with Crippen LogP contribution in [0.4, 0.5) is 4.39 Å². The Labute approximate surface area is 119 Å². The lowest BCUT2D eigenvalue weighted by atomic mass is 10.1. The number of benzene rings is 1. The van der Waals surface area contributed by atoms with Crippen LogP contribution in [-0.4, -0.2) is 36.5 Å². The molecule has 1 atom stereocenters. The molecule has 0 radical (unpaired) electrons. The second kappa shape index (κ2) is 7.20. The van der Waals surface area contributed by atoms with E-state index in [1.165, 1.54) is 12.1 Å². The Bertz CT molecular complexity index is 464. The van der Waals surface area contributed by atoms with Crippen LogP contribution in [0.1, 0.15) is 25.3 Å². The van der Waals surface area contributed by atoms with E-state index in [4.69, 9.17) is 0 Å². The number of nitrogens with zero attached hydrogens (tertiary/aromatic N) is 1. The van der Waals surface area contributed by atoms with Crippen LogP contribution < -0.4 is 5.32 Å². The molecule has 1 aromatic carbocycles. The number of piperidine rings is 1. The molecule has 0 saturated carbocycles. The second-order valence-corrected chi connectivity index (χ2v) is 5.01. The van der Waals surface area contributed by atoms with Crippen molar-refractivity contribution in [3.63, 3.8) is 0 Å². The first-order chi connectivity index (χ1) is 9.70. The number of nitrogens with one attached hydrogen (secondary N) is 1. The van der Waals surface area contributed by atoms with Gasteiger partial charge in [-0.3, -0.25) is 4.79 Å². The lowest BCUT2D eigenvalue weighted by Gasteiger charge is -2.33. The fourth-order valence-corrected chi connectivity index (χ4v) is 2.53. The Morgan fingerprint density at radius 1 is 1.45 bits per heavy atom. The molecule has 0 aliphatic carbocycles. The number of hydrogen-bond acceptors (Lipinski definition) is 2. The first kappa shape index (κ1) is 14.7. The summed E-state index contributed by atoms with van der Waals surface area (Å²) in [6, 6.07) is 6.40. The van der Waals surface area contributed by atoms with Gasteiger partial charge in [-0.15, -0.1) is 0 Å². The molecule has 108 valence electrons. The molecule has 0 bridgehead atoms. The van der Waals surface area contributed by atoms with E-state index in [1.54, 1.807) is 24.3 Å². The highest BCUT2D eigenvalue weighted by Gasteiger charge is 2.22. The van der Waals surface area contributed by atoms with Gasteiger partial charge in [-0.05, 0) is 50.1 Å². The minimum atomic E-state index is -0.267. The summed E-state index contributed by atoms with van der Waals surface area (Å²) in [5.74, 6) is -0.248. The Morgan fingerprint density at radius 2 is 2.20 bits per heavy atom. The largest absolute Gasteiger partial charge is 0.335 e. The van der Waals surface area contributed by atoms with Gasteiger partial charge in [-0.1, -0.05) is 12.1 Å². The van der Waals surface area contributed by atoms with Crippen molar-refractivity contribution in [2.24, 2.45) is 0 Å². The number of rotatable bonds is 4. The molecule has 3 nitrogen and oxygen atoms in total. The highest BCUT2D eigenvalue weighted by atomic mass is 19.1. The first-order valence-corrected chi connectivity index (χ1v) is 7.15. The summed E-state index contributed by atoms with van der Waals surface area (Å²) in [4.78, 5) is 14.1. The molecule has 1 saturated heterocycles. The molecular weight excluding hydrogens is 255 g/mol. The summed E-state index contributed by atoms with van der Waals surface area (Å²) in [6.45, 7) is 4.61. The van der Waals surface area contributed by atoms with E-state index in [9.17, 15) is 9.18 Å². The molecule has 2 rings (SSSR count). The van der Waals surface area contributed by atoms with Crippen molar-refractivity contribution in [2.75, 3.05) is 19.6 Å². The van der Waals surface area contributed by atoms with E-state index >= 15 is 0 Å². The number of carbonyl (C=O) groups excluding carboxylic acids is 1. The molecule has 1 aromatic rings. The number of carbonyl (C=O) groups is 1. The molecule has 1 unspecified atom stereocenters. The molecule has 1 amide bonds. The van der Waals surface area contributed by atoms with E-state index in [1.807, 2.05) is 11.8 Å². The normalized spacial score (nSPS) is 19.2. The van der Waals surface area contributed by atoms with Gasteiger partial charge in [0.2, 0.25) is 5.91 Å². The molecule has 20 heavy (non-hydrogen) atoms. The maximum atomic E-state index is 12.8. The fraction of sp³-hybridized carbons (Fsp3) is 0.438. The average molecular weight is 276 g/mol. The van der Waals surface area contributed by atoms with Crippen molar-refractivity contribution in [1.82, 2.24) is 10.2 Å². The zero-order chi connectivity index (χ0) is 14.4. The molecule has 0 spiro atoms. The second-order valence-electron chi connectivity index (χ2n) is 5.01. The predicted molar refractivity (Wildman–Crippen MR) is 78.7 cm³/mol. The highest BCUT2D eigenvalue weighted by molar-refractivity contribution is 5.92. The van der Waals surface area contributed by atoms with Gasteiger partial charge in [-0.25, -0.2) is 4.39 Å². The van der Waals surface area contributed by atoms with Crippen LogP contribution in [0, 0.1) is 5.82 Å². The monoisotopic (exact) mass is 276 g/mol. The maximum Gasteiger partial charge on any atom is 0.246 e. The molecule has 1 aliphatic heterocycles. The Hall–Kier alpha value is -1.68. The van der Waals surface area contributed by atoms with Crippen LogP contribution in [0.15, 0.2) is 30.3 Å². The standard InChI is InChI=1S/C16H21FN2O/c1-2-19(15-4-3-11-18-12-15)16(20)10-7-13-5-8-14(17)9-6-13/h5-10,15,18H,2-4,11-12H2,1H3. The Balaban J connectivity index is 1.99. The number of halogens is 1. The zero-order valence-electron chi connectivity index (χ0n) is 11.8. The zero-order valence-corrected chi connectivity index (χ0v) is 11.8. The average Bonchev–Trinajstić information content (AvgIpc) is 2.48. The van der Waals surface area contributed by atoms with Gasteiger partial charge in [0, 0.05) is 25.2 Å². The van der Waals surface area contributed by atoms with Crippen molar-refractivity contribution in [2.45, 2.75) is 25.8 Å². The fourth-order valence-electron chi connectivity index (χ4n) is 2.53. The topological polar surface area (TPSA) is 32.3 Å². The molecule has 1 N–H and O–H groups in total. The van der Waals surface area contributed by atoms with Crippen molar-refractivity contribution in [3.05, 3.63) is 41.7 Å². The minimum Gasteiger partial charge on any atom is -0.335 e. The highest BCUT2D eigenvalue weighted by Crippen LogP contribution is 2.12. The minimum absolute atomic E-state index is 0.0190. The third-order valence-electron chi connectivity index (χ3n) is 3.62. The quantitative estimate of drug-likeness (QED) is 0.857. The number of amides is 1.